The maximum absolute atomic E-state index is 12.7. The molecule has 0 aromatic carbocycles. The monoisotopic (exact) mass is 849 g/mol. The van der Waals surface area contributed by atoms with E-state index in [1.807, 2.05) is 12.2 Å². The summed E-state index contributed by atoms with van der Waals surface area (Å²) in [4.78, 5) is 37.9. The molecule has 0 aromatic rings. The minimum atomic E-state index is -0.816. The molecular weight excluding hydrogens is 757 g/mol. The number of carbonyl (C=O) groups excluding carboxylic acids is 3. The highest BCUT2D eigenvalue weighted by atomic mass is 16.6. The number of esters is 3. The van der Waals surface area contributed by atoms with Crippen LogP contribution in [0.5, 0.6) is 0 Å². The van der Waals surface area contributed by atoms with Crippen molar-refractivity contribution in [2.45, 2.75) is 232 Å². The van der Waals surface area contributed by atoms with Crippen molar-refractivity contribution in [3.8, 4) is 0 Å². The fraction of sp³-hybridized carbons (Fsp3) is 0.691. The summed E-state index contributed by atoms with van der Waals surface area (Å²) in [5, 5.41) is 0. The van der Waals surface area contributed by atoms with E-state index in [1.165, 1.54) is 89.9 Å². The van der Waals surface area contributed by atoms with E-state index in [4.69, 9.17) is 14.2 Å². The largest absolute Gasteiger partial charge is 0.462 e. The molecule has 0 heterocycles. The molecule has 1 unspecified atom stereocenters. The molecule has 0 bridgehead atoms. The van der Waals surface area contributed by atoms with Crippen LogP contribution in [0.4, 0.5) is 0 Å². The lowest BCUT2D eigenvalue weighted by molar-refractivity contribution is -0.166. The molecule has 0 radical (unpaired) electrons. The van der Waals surface area contributed by atoms with Crippen molar-refractivity contribution in [1.29, 1.82) is 0 Å². The first-order chi connectivity index (χ1) is 30.0. The topological polar surface area (TPSA) is 78.9 Å². The van der Waals surface area contributed by atoms with Gasteiger partial charge < -0.3 is 14.2 Å². The van der Waals surface area contributed by atoms with Crippen LogP contribution in [-0.4, -0.2) is 37.2 Å². The average Bonchev–Trinajstić information content (AvgIpc) is 3.26. The van der Waals surface area contributed by atoms with Gasteiger partial charge in [0.1, 0.15) is 13.2 Å². The van der Waals surface area contributed by atoms with E-state index in [0.717, 1.165) is 89.9 Å². The number of allylic oxidation sites excluding steroid dienone is 14. The quantitative estimate of drug-likeness (QED) is 0.0263. The van der Waals surface area contributed by atoms with Gasteiger partial charge in [0.2, 0.25) is 0 Å². The number of hydrogen-bond acceptors (Lipinski definition) is 6. The van der Waals surface area contributed by atoms with Gasteiger partial charge in [0.05, 0.1) is 0 Å². The van der Waals surface area contributed by atoms with Gasteiger partial charge in [-0.25, -0.2) is 0 Å². The molecule has 0 aliphatic carbocycles. The molecular formula is C55H92O6. The molecule has 0 saturated heterocycles. The van der Waals surface area contributed by atoms with Crippen LogP contribution in [0.3, 0.4) is 0 Å². The fourth-order valence-electron chi connectivity index (χ4n) is 6.70. The highest BCUT2D eigenvalue weighted by molar-refractivity contribution is 5.71. The second kappa shape index (κ2) is 49.2. The van der Waals surface area contributed by atoms with Gasteiger partial charge in [-0.1, -0.05) is 215 Å². The Bertz CT molecular complexity index is 1200. The lowest BCUT2D eigenvalue weighted by atomic mass is 10.0. The zero-order chi connectivity index (χ0) is 44.4. The Hall–Kier alpha value is -3.41. The number of ether oxygens (including phenoxy) is 3. The van der Waals surface area contributed by atoms with Crippen LogP contribution < -0.4 is 0 Å². The Kier molecular flexibility index (Phi) is 46.5. The molecule has 0 aromatic heterocycles. The van der Waals surface area contributed by atoms with Crippen LogP contribution in [0.15, 0.2) is 85.1 Å². The highest BCUT2D eigenvalue weighted by Gasteiger charge is 2.19. The molecule has 6 nitrogen and oxygen atoms in total. The molecule has 0 aliphatic rings. The van der Waals surface area contributed by atoms with Gasteiger partial charge >= 0.3 is 17.9 Å². The van der Waals surface area contributed by atoms with Gasteiger partial charge in [0.15, 0.2) is 6.10 Å². The summed E-state index contributed by atoms with van der Waals surface area (Å²) < 4.78 is 16.7. The zero-order valence-corrected chi connectivity index (χ0v) is 39.7. The third-order valence-corrected chi connectivity index (χ3v) is 10.4. The van der Waals surface area contributed by atoms with E-state index in [0.29, 0.717) is 19.3 Å². The van der Waals surface area contributed by atoms with Crippen molar-refractivity contribution in [2.24, 2.45) is 0 Å². The van der Waals surface area contributed by atoms with Gasteiger partial charge in [0, 0.05) is 19.3 Å². The van der Waals surface area contributed by atoms with Crippen molar-refractivity contribution in [2.75, 3.05) is 13.2 Å². The summed E-state index contributed by atoms with van der Waals surface area (Å²) in [6.45, 7) is 6.33. The van der Waals surface area contributed by atoms with Crippen LogP contribution in [0.25, 0.3) is 0 Å². The summed E-state index contributed by atoms with van der Waals surface area (Å²) in [6.07, 6.45) is 62.9. The van der Waals surface area contributed by atoms with Crippen molar-refractivity contribution in [1.82, 2.24) is 0 Å². The van der Waals surface area contributed by atoms with E-state index >= 15 is 0 Å². The van der Waals surface area contributed by atoms with Gasteiger partial charge in [-0.15, -0.1) is 0 Å². The van der Waals surface area contributed by atoms with E-state index in [9.17, 15) is 14.4 Å². The van der Waals surface area contributed by atoms with Crippen LogP contribution in [0.2, 0.25) is 0 Å². The van der Waals surface area contributed by atoms with Crippen molar-refractivity contribution < 1.29 is 28.6 Å². The second-order valence-electron chi connectivity index (χ2n) is 16.3. The van der Waals surface area contributed by atoms with E-state index in [2.05, 4.69) is 93.7 Å². The third kappa shape index (κ3) is 47.5. The smallest absolute Gasteiger partial charge is 0.306 e. The van der Waals surface area contributed by atoms with Gasteiger partial charge in [-0.2, -0.15) is 0 Å². The number of unbranched alkanes of at least 4 members (excludes halogenated alkanes) is 19. The first-order valence-electron chi connectivity index (χ1n) is 25.1. The molecule has 0 rings (SSSR count). The number of rotatable bonds is 44. The first kappa shape index (κ1) is 57.6. The predicted octanol–water partition coefficient (Wildman–Crippen LogP) is 16.4. The molecule has 0 saturated carbocycles. The molecule has 0 N–H and O–H groups in total. The Morgan fingerprint density at radius 3 is 1.07 bits per heavy atom. The normalized spacial score (nSPS) is 12.8. The molecule has 6 heteroatoms. The Morgan fingerprint density at radius 1 is 0.344 bits per heavy atom. The minimum absolute atomic E-state index is 0.107. The summed E-state index contributed by atoms with van der Waals surface area (Å²) in [7, 11) is 0. The van der Waals surface area contributed by atoms with E-state index in [-0.39, 0.29) is 31.6 Å². The van der Waals surface area contributed by atoms with Gasteiger partial charge in [-0.05, 0) is 77.0 Å². The molecule has 0 amide bonds. The van der Waals surface area contributed by atoms with Crippen molar-refractivity contribution in [3.63, 3.8) is 0 Å². The second-order valence-corrected chi connectivity index (χ2v) is 16.3. The lowest BCUT2D eigenvalue weighted by Crippen LogP contribution is -2.30. The summed E-state index contributed by atoms with van der Waals surface area (Å²) >= 11 is 0. The molecule has 0 aliphatic heterocycles. The van der Waals surface area contributed by atoms with Crippen LogP contribution in [0, 0.1) is 0 Å². The van der Waals surface area contributed by atoms with Crippen LogP contribution in [0.1, 0.15) is 226 Å². The van der Waals surface area contributed by atoms with Crippen LogP contribution >= 0.6 is 0 Å². The standard InChI is InChI=1S/C55H92O6/c1-4-7-10-13-16-19-22-25-26-27-28-31-33-36-39-42-45-48-54(57)60-51-52(61-55(58)49-46-43-40-37-34-30-24-21-18-15-12-9-6-3)50-59-53(56)47-44-41-38-35-32-29-23-20-17-14-11-8-5-2/h7,9-10,12,16,18-19,21,25-26,30,34,40,43,52H,4-6,8,11,13-15,17,20,22-24,27-29,31-33,35-39,41-42,44-51H2,1-3H3/b10-7-,12-9-,19-16-,21-18-,26-25-,34-30-,43-40-. The van der Waals surface area contributed by atoms with Gasteiger partial charge in [-0.3, -0.25) is 14.4 Å². The predicted molar refractivity (Wildman–Crippen MR) is 261 cm³/mol. The maximum Gasteiger partial charge on any atom is 0.306 e. The van der Waals surface area contributed by atoms with Crippen LogP contribution in [-0.2, 0) is 28.6 Å². The fourth-order valence-corrected chi connectivity index (χ4v) is 6.70. The first-order valence-corrected chi connectivity index (χ1v) is 25.1. The van der Waals surface area contributed by atoms with Crippen molar-refractivity contribution in [3.05, 3.63) is 85.1 Å². The molecule has 348 valence electrons. The van der Waals surface area contributed by atoms with E-state index in [1.54, 1.807) is 0 Å². The number of hydrogen-bond donors (Lipinski definition) is 0. The van der Waals surface area contributed by atoms with E-state index < -0.39 is 12.1 Å². The van der Waals surface area contributed by atoms with Gasteiger partial charge in [0.25, 0.3) is 0 Å². The third-order valence-electron chi connectivity index (χ3n) is 10.4. The molecule has 61 heavy (non-hydrogen) atoms. The summed E-state index contributed by atoms with van der Waals surface area (Å²) in [5.41, 5.74) is 0. The maximum atomic E-state index is 12.7. The Labute approximate surface area is 375 Å². The lowest BCUT2D eigenvalue weighted by Gasteiger charge is -2.18. The molecule has 0 spiro atoms. The summed E-state index contributed by atoms with van der Waals surface area (Å²) in [6, 6.07) is 0. The summed E-state index contributed by atoms with van der Waals surface area (Å²) in [5.74, 6) is -1.00. The molecule has 0 fully saturated rings. The SMILES string of the molecule is CC/C=C\C/C=C\C/C=C\C/C=C\CCC(=O)OC(COC(=O)CCCCCCCCC/C=C\C/C=C\C/C=C\CC)COC(=O)CCCCCCCCCCCCCCC. The zero-order valence-electron chi connectivity index (χ0n) is 39.7. The average molecular weight is 849 g/mol. The van der Waals surface area contributed by atoms with Crippen molar-refractivity contribution >= 4 is 17.9 Å². The Morgan fingerprint density at radius 2 is 0.672 bits per heavy atom. The highest BCUT2D eigenvalue weighted by Crippen LogP contribution is 2.14. The Balaban J connectivity index is 4.46. The molecule has 1 atom stereocenters. The number of carbonyl (C=O) groups is 3. The minimum Gasteiger partial charge on any atom is -0.462 e.